The van der Waals surface area contributed by atoms with Crippen molar-refractivity contribution in [1.29, 1.82) is 0 Å². The highest BCUT2D eigenvalue weighted by atomic mass is 19.1. The van der Waals surface area contributed by atoms with Gasteiger partial charge in [0.2, 0.25) is 0 Å². The fourth-order valence-electron chi connectivity index (χ4n) is 3.25. The summed E-state index contributed by atoms with van der Waals surface area (Å²) in [5, 5.41) is 0. The number of fused-ring (bicyclic) bond motifs is 1. The highest BCUT2D eigenvalue weighted by molar-refractivity contribution is 5.80. The van der Waals surface area contributed by atoms with Gasteiger partial charge in [-0.05, 0) is 53.9 Å². The number of hydrogen-bond acceptors (Lipinski definition) is 2. The van der Waals surface area contributed by atoms with Crippen molar-refractivity contribution in [2.75, 3.05) is 6.61 Å². The molecule has 0 saturated carbocycles. The number of imidazole rings is 1. The molecule has 1 aromatic heterocycles. The van der Waals surface area contributed by atoms with Gasteiger partial charge in [0, 0.05) is 0 Å². The lowest BCUT2D eigenvalue weighted by Crippen LogP contribution is -1.96. The Morgan fingerprint density at radius 2 is 1.71 bits per heavy atom. The van der Waals surface area contributed by atoms with Crippen LogP contribution in [0.1, 0.15) is 26.2 Å². The first kappa shape index (κ1) is 18.2. The molecule has 0 unspecified atom stereocenters. The SMILES string of the molecule is CCCCCOc1ccc(-c2ccc(-c3nc4ccccc4[nH]3)c(F)c2)cc1. The number of nitrogens with one attached hydrogen (secondary N) is 1. The first-order valence-electron chi connectivity index (χ1n) is 9.72. The van der Waals surface area contributed by atoms with Gasteiger partial charge in [-0.3, -0.25) is 0 Å². The molecule has 0 spiro atoms. The highest BCUT2D eigenvalue weighted by Gasteiger charge is 2.11. The molecular formula is C24H23FN2O. The maximum atomic E-state index is 14.8. The number of nitrogens with zero attached hydrogens (tertiary/aromatic N) is 1. The molecule has 3 nitrogen and oxygen atoms in total. The third kappa shape index (κ3) is 3.91. The zero-order valence-corrected chi connectivity index (χ0v) is 15.9. The van der Waals surface area contributed by atoms with Gasteiger partial charge < -0.3 is 9.72 Å². The minimum absolute atomic E-state index is 0.295. The van der Waals surface area contributed by atoms with E-state index in [4.69, 9.17) is 4.74 Å². The molecule has 4 aromatic rings. The van der Waals surface area contributed by atoms with Gasteiger partial charge in [0.1, 0.15) is 17.4 Å². The maximum Gasteiger partial charge on any atom is 0.141 e. The van der Waals surface area contributed by atoms with E-state index in [1.54, 1.807) is 12.1 Å². The summed E-state index contributed by atoms with van der Waals surface area (Å²) in [6.45, 7) is 2.90. The molecule has 142 valence electrons. The number of H-pyrrole nitrogens is 1. The normalized spacial score (nSPS) is 11.1. The lowest BCUT2D eigenvalue weighted by molar-refractivity contribution is 0.306. The molecule has 0 fully saturated rings. The van der Waals surface area contributed by atoms with E-state index in [9.17, 15) is 4.39 Å². The number of aromatic amines is 1. The quantitative estimate of drug-likeness (QED) is 0.370. The zero-order chi connectivity index (χ0) is 19.3. The van der Waals surface area contributed by atoms with Crippen molar-refractivity contribution in [3.63, 3.8) is 0 Å². The molecule has 28 heavy (non-hydrogen) atoms. The number of rotatable bonds is 7. The number of benzene rings is 3. The molecule has 0 bridgehead atoms. The van der Waals surface area contributed by atoms with Crippen LogP contribution < -0.4 is 4.74 Å². The second-order valence-corrected chi connectivity index (χ2v) is 6.88. The van der Waals surface area contributed by atoms with E-state index in [0.717, 1.165) is 40.9 Å². The molecule has 0 aliphatic rings. The molecule has 0 saturated heterocycles. The summed E-state index contributed by atoms with van der Waals surface area (Å²) in [6, 6.07) is 20.7. The average Bonchev–Trinajstić information content (AvgIpc) is 3.15. The van der Waals surface area contributed by atoms with Crippen LogP contribution >= 0.6 is 0 Å². The lowest BCUT2D eigenvalue weighted by Gasteiger charge is -2.08. The number of hydrogen-bond donors (Lipinski definition) is 1. The van der Waals surface area contributed by atoms with Crippen molar-refractivity contribution in [1.82, 2.24) is 9.97 Å². The van der Waals surface area contributed by atoms with Crippen LogP contribution in [0.5, 0.6) is 5.75 Å². The fourth-order valence-corrected chi connectivity index (χ4v) is 3.25. The molecule has 4 rings (SSSR count). The van der Waals surface area contributed by atoms with Crippen LogP contribution in [0.25, 0.3) is 33.5 Å². The second kappa shape index (κ2) is 8.26. The van der Waals surface area contributed by atoms with Gasteiger partial charge in [-0.1, -0.05) is 50.1 Å². The lowest BCUT2D eigenvalue weighted by atomic mass is 10.0. The Hall–Kier alpha value is -3.14. The molecule has 0 radical (unpaired) electrons. The summed E-state index contributed by atoms with van der Waals surface area (Å²) in [5.41, 5.74) is 3.98. The monoisotopic (exact) mass is 374 g/mol. The average molecular weight is 374 g/mol. The van der Waals surface area contributed by atoms with Crippen LogP contribution in [-0.2, 0) is 0 Å². The molecule has 0 amide bonds. The Bertz CT molecular complexity index is 1040. The molecule has 3 aromatic carbocycles. The van der Waals surface area contributed by atoms with Crippen LogP contribution in [0, 0.1) is 5.82 Å². The van der Waals surface area contributed by atoms with Crippen LogP contribution in [0.3, 0.4) is 0 Å². The predicted molar refractivity (Wildman–Crippen MR) is 112 cm³/mol. The van der Waals surface area contributed by atoms with E-state index in [-0.39, 0.29) is 5.82 Å². The summed E-state index contributed by atoms with van der Waals surface area (Å²) in [5.74, 6) is 1.09. The summed E-state index contributed by atoms with van der Waals surface area (Å²) in [4.78, 5) is 7.67. The fraction of sp³-hybridized carbons (Fsp3) is 0.208. The van der Waals surface area contributed by atoms with Gasteiger partial charge in [0.05, 0.1) is 23.2 Å². The van der Waals surface area contributed by atoms with E-state index in [0.29, 0.717) is 11.4 Å². The van der Waals surface area contributed by atoms with Gasteiger partial charge in [-0.15, -0.1) is 0 Å². The summed E-state index contributed by atoms with van der Waals surface area (Å²) < 4.78 is 20.5. The minimum atomic E-state index is -0.295. The molecule has 0 atom stereocenters. The van der Waals surface area contributed by atoms with Crippen LogP contribution in [0.4, 0.5) is 4.39 Å². The largest absolute Gasteiger partial charge is 0.494 e. The third-order valence-corrected chi connectivity index (χ3v) is 4.82. The van der Waals surface area contributed by atoms with E-state index >= 15 is 0 Å². The van der Waals surface area contributed by atoms with E-state index < -0.39 is 0 Å². The van der Waals surface area contributed by atoms with Crippen molar-refractivity contribution in [2.45, 2.75) is 26.2 Å². The molecular weight excluding hydrogens is 351 g/mol. The van der Waals surface area contributed by atoms with E-state index in [1.807, 2.05) is 54.6 Å². The standard InChI is InChI=1S/C24H23FN2O/c1-2-3-6-15-28-19-12-9-17(10-13-19)18-11-14-20(21(25)16-18)24-26-22-7-4-5-8-23(22)27-24/h4-5,7-14,16H,2-3,6,15H2,1H3,(H,26,27). The smallest absolute Gasteiger partial charge is 0.141 e. The van der Waals surface area contributed by atoms with E-state index in [2.05, 4.69) is 16.9 Å². The van der Waals surface area contributed by atoms with Gasteiger partial charge in [0.15, 0.2) is 0 Å². The number of para-hydroxylation sites is 2. The van der Waals surface area contributed by atoms with Crippen LogP contribution in [0.2, 0.25) is 0 Å². The molecule has 1 heterocycles. The first-order valence-corrected chi connectivity index (χ1v) is 9.72. The summed E-state index contributed by atoms with van der Waals surface area (Å²) in [6.07, 6.45) is 3.42. The maximum absolute atomic E-state index is 14.8. The van der Waals surface area contributed by atoms with Crippen LogP contribution in [0.15, 0.2) is 66.7 Å². The van der Waals surface area contributed by atoms with Gasteiger partial charge in [-0.25, -0.2) is 9.37 Å². The molecule has 4 heteroatoms. The zero-order valence-electron chi connectivity index (χ0n) is 15.9. The first-order chi connectivity index (χ1) is 13.7. The van der Waals surface area contributed by atoms with Gasteiger partial charge in [-0.2, -0.15) is 0 Å². The Morgan fingerprint density at radius 1 is 0.929 bits per heavy atom. The highest BCUT2D eigenvalue weighted by Crippen LogP contribution is 2.29. The number of halogens is 1. The Kier molecular flexibility index (Phi) is 5.38. The Labute approximate surface area is 164 Å². The van der Waals surface area contributed by atoms with Crippen molar-refractivity contribution in [3.8, 4) is 28.3 Å². The predicted octanol–water partition coefficient (Wildman–Crippen LogP) is 6.61. The van der Waals surface area contributed by atoms with Gasteiger partial charge >= 0.3 is 0 Å². The van der Waals surface area contributed by atoms with Crippen molar-refractivity contribution in [2.24, 2.45) is 0 Å². The Balaban J connectivity index is 1.52. The van der Waals surface area contributed by atoms with Crippen molar-refractivity contribution >= 4 is 11.0 Å². The van der Waals surface area contributed by atoms with Gasteiger partial charge in [0.25, 0.3) is 0 Å². The van der Waals surface area contributed by atoms with Crippen LogP contribution in [-0.4, -0.2) is 16.6 Å². The Morgan fingerprint density at radius 3 is 2.46 bits per heavy atom. The topological polar surface area (TPSA) is 37.9 Å². The molecule has 0 aliphatic heterocycles. The number of aromatic nitrogens is 2. The summed E-state index contributed by atoms with van der Waals surface area (Å²) in [7, 11) is 0. The number of ether oxygens (including phenoxy) is 1. The van der Waals surface area contributed by atoms with Crippen molar-refractivity contribution in [3.05, 3.63) is 72.5 Å². The van der Waals surface area contributed by atoms with Crippen molar-refractivity contribution < 1.29 is 9.13 Å². The van der Waals surface area contributed by atoms with E-state index in [1.165, 1.54) is 12.8 Å². The summed E-state index contributed by atoms with van der Waals surface area (Å²) >= 11 is 0. The second-order valence-electron chi connectivity index (χ2n) is 6.88. The molecule has 1 N–H and O–H groups in total. The minimum Gasteiger partial charge on any atom is -0.494 e. The third-order valence-electron chi connectivity index (χ3n) is 4.82. The number of unbranched alkanes of at least 4 members (excludes halogenated alkanes) is 2. The molecule has 0 aliphatic carbocycles.